The van der Waals surface area contributed by atoms with Gasteiger partial charge in [0, 0.05) is 12.6 Å². The van der Waals surface area contributed by atoms with E-state index in [9.17, 15) is 19.5 Å². The summed E-state index contributed by atoms with van der Waals surface area (Å²) in [5.74, 6) is -1.35. The quantitative estimate of drug-likeness (QED) is 0.571. The van der Waals surface area contributed by atoms with Gasteiger partial charge in [-0.05, 0) is 34.7 Å². The molecule has 10 nitrogen and oxygen atoms in total. The first-order chi connectivity index (χ1) is 12.2. The summed E-state index contributed by atoms with van der Waals surface area (Å²) in [6, 6.07) is 0.00383. The molecular formula is C15H18BrN5O5. The molecule has 2 heterocycles. The van der Waals surface area contributed by atoms with Gasteiger partial charge in [-0.15, -0.1) is 5.10 Å². The van der Waals surface area contributed by atoms with E-state index >= 15 is 0 Å². The van der Waals surface area contributed by atoms with E-state index in [1.807, 2.05) is 13.8 Å². The molecule has 3 rings (SSSR count). The van der Waals surface area contributed by atoms with Crippen LogP contribution in [0.4, 0.5) is 10.6 Å². The minimum atomic E-state index is -1.35. The summed E-state index contributed by atoms with van der Waals surface area (Å²) < 4.78 is 2.49. The second-order valence-corrected chi connectivity index (χ2v) is 7.38. The fourth-order valence-electron chi connectivity index (χ4n) is 2.60. The van der Waals surface area contributed by atoms with E-state index in [2.05, 4.69) is 31.7 Å². The van der Waals surface area contributed by atoms with Crippen LogP contribution in [0.3, 0.4) is 0 Å². The van der Waals surface area contributed by atoms with E-state index in [-0.39, 0.29) is 34.4 Å². The molecule has 1 saturated carbocycles. The molecule has 2 amide bonds. The Morgan fingerprint density at radius 2 is 2.04 bits per heavy atom. The smallest absolute Gasteiger partial charge is 0.410 e. The average molecular weight is 428 g/mol. The summed E-state index contributed by atoms with van der Waals surface area (Å²) in [5.41, 5.74) is -0.917. The van der Waals surface area contributed by atoms with E-state index < -0.39 is 29.0 Å². The Kier molecular flexibility index (Phi) is 4.65. The lowest BCUT2D eigenvalue weighted by Crippen LogP contribution is -2.36. The monoisotopic (exact) mass is 427 g/mol. The number of fused-ring (bicyclic) bond motifs is 1. The second kappa shape index (κ2) is 6.63. The second-order valence-electron chi connectivity index (χ2n) is 6.58. The van der Waals surface area contributed by atoms with Crippen LogP contribution in [0.5, 0.6) is 5.88 Å². The van der Waals surface area contributed by atoms with Crippen molar-refractivity contribution < 1.29 is 19.8 Å². The first-order valence-corrected chi connectivity index (χ1v) is 8.84. The SMILES string of the molecule is CC(C)Cn1c(=O)c(C(=O)NC2CC2)c(O)n2nc(NC(=O)O)c(Br)c12. The first-order valence-electron chi connectivity index (χ1n) is 8.05. The van der Waals surface area contributed by atoms with Crippen molar-refractivity contribution in [2.24, 2.45) is 5.92 Å². The predicted molar refractivity (Wildman–Crippen MR) is 95.8 cm³/mol. The molecule has 0 spiro atoms. The van der Waals surface area contributed by atoms with Crippen LogP contribution in [0.15, 0.2) is 9.27 Å². The number of rotatable bonds is 5. The van der Waals surface area contributed by atoms with Gasteiger partial charge in [0.05, 0.1) is 0 Å². The highest BCUT2D eigenvalue weighted by Gasteiger charge is 2.30. The van der Waals surface area contributed by atoms with Gasteiger partial charge in [-0.1, -0.05) is 13.8 Å². The maximum absolute atomic E-state index is 12.9. The van der Waals surface area contributed by atoms with Crippen molar-refractivity contribution in [1.82, 2.24) is 19.5 Å². The molecule has 0 unspecified atom stereocenters. The molecule has 1 aliphatic rings. The Morgan fingerprint density at radius 3 is 2.58 bits per heavy atom. The molecule has 0 aromatic carbocycles. The third-order valence-corrected chi connectivity index (χ3v) is 4.59. The molecule has 4 N–H and O–H groups in total. The van der Waals surface area contributed by atoms with Gasteiger partial charge in [-0.2, -0.15) is 4.52 Å². The molecule has 1 fully saturated rings. The highest BCUT2D eigenvalue weighted by Crippen LogP contribution is 2.30. The van der Waals surface area contributed by atoms with Crippen molar-refractivity contribution in [3.05, 3.63) is 20.4 Å². The molecule has 0 atom stereocenters. The van der Waals surface area contributed by atoms with Crippen molar-refractivity contribution >= 4 is 39.4 Å². The maximum Gasteiger partial charge on any atom is 0.410 e. The van der Waals surface area contributed by atoms with E-state index in [1.54, 1.807) is 0 Å². The van der Waals surface area contributed by atoms with E-state index in [0.29, 0.717) is 0 Å². The topological polar surface area (TPSA) is 138 Å². The van der Waals surface area contributed by atoms with Crippen LogP contribution in [-0.4, -0.2) is 42.4 Å². The number of carboxylic acid groups (broad SMARTS) is 1. The van der Waals surface area contributed by atoms with Crippen molar-refractivity contribution in [3.8, 4) is 5.88 Å². The number of hydrogen-bond acceptors (Lipinski definition) is 5. The number of aromatic hydroxyl groups is 1. The van der Waals surface area contributed by atoms with Gasteiger partial charge in [0.1, 0.15) is 4.47 Å². The van der Waals surface area contributed by atoms with Gasteiger partial charge in [0.15, 0.2) is 17.0 Å². The zero-order valence-corrected chi connectivity index (χ0v) is 15.7. The summed E-state index contributed by atoms with van der Waals surface area (Å²) in [7, 11) is 0. The Balaban J connectivity index is 2.26. The van der Waals surface area contributed by atoms with Crippen LogP contribution in [0.2, 0.25) is 0 Å². The molecule has 2 aromatic heterocycles. The van der Waals surface area contributed by atoms with Crippen LogP contribution in [0, 0.1) is 5.92 Å². The van der Waals surface area contributed by atoms with Crippen LogP contribution in [-0.2, 0) is 6.54 Å². The number of nitrogens with one attached hydrogen (secondary N) is 2. The number of halogens is 1. The zero-order valence-electron chi connectivity index (χ0n) is 14.1. The minimum Gasteiger partial charge on any atom is -0.492 e. The molecule has 11 heteroatoms. The first kappa shape index (κ1) is 18.2. The van der Waals surface area contributed by atoms with Gasteiger partial charge in [0.25, 0.3) is 11.5 Å². The van der Waals surface area contributed by atoms with Crippen LogP contribution in [0.25, 0.3) is 5.65 Å². The van der Waals surface area contributed by atoms with Crippen molar-refractivity contribution in [3.63, 3.8) is 0 Å². The molecular weight excluding hydrogens is 410 g/mol. The Morgan fingerprint density at radius 1 is 1.38 bits per heavy atom. The Labute approximate surface area is 155 Å². The minimum absolute atomic E-state index is 0.00383. The predicted octanol–water partition coefficient (Wildman–Crippen LogP) is 1.60. The molecule has 0 bridgehead atoms. The van der Waals surface area contributed by atoms with Crippen LogP contribution in [0.1, 0.15) is 37.0 Å². The molecule has 0 radical (unpaired) electrons. The van der Waals surface area contributed by atoms with Crippen molar-refractivity contribution in [2.75, 3.05) is 5.32 Å². The van der Waals surface area contributed by atoms with Crippen LogP contribution >= 0.6 is 15.9 Å². The van der Waals surface area contributed by atoms with Gasteiger partial charge in [-0.3, -0.25) is 19.5 Å². The average Bonchev–Trinajstić information content (AvgIpc) is 3.28. The Hall–Kier alpha value is -2.56. The number of carbonyl (C=O) groups excluding carboxylic acids is 1. The standard InChI is InChI=1S/C15H18BrN5O5/c1-6(2)5-20-12-9(16)10(18-15(25)26)19-21(12)14(24)8(13(20)23)11(22)17-7-3-4-7/h6-7,24H,3-5H2,1-2H3,(H,17,22)(H,18,19)(H,25,26). The maximum atomic E-state index is 12.9. The van der Waals surface area contributed by atoms with Crippen molar-refractivity contribution in [2.45, 2.75) is 39.3 Å². The van der Waals surface area contributed by atoms with Gasteiger partial charge in [0.2, 0.25) is 5.88 Å². The van der Waals surface area contributed by atoms with E-state index in [1.165, 1.54) is 4.57 Å². The summed E-state index contributed by atoms with van der Waals surface area (Å²) in [4.78, 5) is 36.3. The summed E-state index contributed by atoms with van der Waals surface area (Å²) in [6.07, 6.45) is 0.308. The lowest BCUT2D eigenvalue weighted by molar-refractivity contribution is 0.0944. The number of carbonyl (C=O) groups is 2. The van der Waals surface area contributed by atoms with Crippen molar-refractivity contribution in [1.29, 1.82) is 0 Å². The van der Waals surface area contributed by atoms with Gasteiger partial charge < -0.3 is 15.5 Å². The van der Waals surface area contributed by atoms with E-state index in [0.717, 1.165) is 17.4 Å². The molecule has 1 aliphatic carbocycles. The Bertz CT molecular complexity index is 960. The number of nitrogens with zero attached hydrogens (tertiary/aromatic N) is 3. The largest absolute Gasteiger partial charge is 0.492 e. The summed E-state index contributed by atoms with van der Waals surface area (Å²) in [6.45, 7) is 4.03. The number of hydrogen-bond donors (Lipinski definition) is 4. The normalized spacial score (nSPS) is 14.0. The summed E-state index contributed by atoms with van der Waals surface area (Å²) in [5, 5.41) is 28.2. The zero-order chi connectivity index (χ0) is 19.2. The molecule has 0 saturated heterocycles. The third-order valence-electron chi connectivity index (χ3n) is 3.86. The van der Waals surface area contributed by atoms with Gasteiger partial charge >= 0.3 is 6.09 Å². The molecule has 26 heavy (non-hydrogen) atoms. The highest BCUT2D eigenvalue weighted by atomic mass is 79.9. The van der Waals surface area contributed by atoms with Crippen LogP contribution < -0.4 is 16.2 Å². The number of anilines is 1. The van der Waals surface area contributed by atoms with Gasteiger partial charge in [-0.25, -0.2) is 4.79 Å². The highest BCUT2D eigenvalue weighted by molar-refractivity contribution is 9.10. The fraction of sp³-hybridized carbons (Fsp3) is 0.467. The lowest BCUT2D eigenvalue weighted by Gasteiger charge is -2.14. The molecule has 2 aromatic rings. The molecule has 140 valence electrons. The molecule has 0 aliphatic heterocycles. The summed E-state index contributed by atoms with van der Waals surface area (Å²) >= 11 is 3.22. The number of amides is 2. The lowest BCUT2D eigenvalue weighted by atomic mass is 10.2. The third kappa shape index (κ3) is 3.26. The van der Waals surface area contributed by atoms with E-state index in [4.69, 9.17) is 5.11 Å². The number of aromatic nitrogens is 3. The fourth-order valence-corrected chi connectivity index (χ4v) is 3.16.